The van der Waals surface area contributed by atoms with Crippen LogP contribution in [0.5, 0.6) is 0 Å². The Morgan fingerprint density at radius 3 is 2.37 bits per heavy atom. The predicted molar refractivity (Wildman–Crippen MR) is 71.2 cm³/mol. The quantitative estimate of drug-likeness (QED) is 0.632. The number of rotatable bonds is 6. The molecule has 4 heteroatoms. The number of hydrogen-bond acceptors (Lipinski definition) is 2. The van der Waals surface area contributed by atoms with Gasteiger partial charge in [0.25, 0.3) is 0 Å². The van der Waals surface area contributed by atoms with Gasteiger partial charge in [-0.1, -0.05) is 12.2 Å². The molecule has 104 valence electrons. The number of allylic oxidation sites excluding steroid dienone is 2. The molecule has 0 aliphatic heterocycles. The third-order valence-corrected chi connectivity index (χ3v) is 3.61. The minimum Gasteiger partial charge on any atom is -0.383 e. The second-order valence-corrected chi connectivity index (χ2v) is 4.99. The fourth-order valence-electron chi connectivity index (χ4n) is 2.55. The molecule has 2 rings (SSSR count). The van der Waals surface area contributed by atoms with Gasteiger partial charge in [-0.15, -0.1) is 0 Å². The summed E-state index contributed by atoms with van der Waals surface area (Å²) in [5.74, 6) is -1.03. The Balaban J connectivity index is 2.14. The van der Waals surface area contributed by atoms with E-state index < -0.39 is 11.6 Å². The van der Waals surface area contributed by atoms with Gasteiger partial charge < -0.3 is 10.1 Å². The van der Waals surface area contributed by atoms with E-state index in [1.807, 2.05) is 0 Å². The van der Waals surface area contributed by atoms with Crippen LogP contribution in [0.4, 0.5) is 8.78 Å². The Kier molecular flexibility index (Phi) is 4.66. The lowest BCUT2D eigenvalue weighted by Crippen LogP contribution is -2.37. The molecule has 0 unspecified atom stereocenters. The zero-order valence-electron chi connectivity index (χ0n) is 11.1. The van der Waals surface area contributed by atoms with E-state index in [0.717, 1.165) is 31.0 Å². The van der Waals surface area contributed by atoms with Crippen molar-refractivity contribution in [3.8, 4) is 0 Å². The summed E-state index contributed by atoms with van der Waals surface area (Å²) in [7, 11) is 1.65. The first kappa shape index (κ1) is 14.2. The highest BCUT2D eigenvalue weighted by Gasteiger charge is 2.33. The van der Waals surface area contributed by atoms with Crippen LogP contribution in [-0.2, 0) is 10.2 Å². The van der Waals surface area contributed by atoms with Gasteiger partial charge in [-0.05, 0) is 30.5 Å². The summed E-state index contributed by atoms with van der Waals surface area (Å²) in [6.45, 7) is 2.04. The van der Waals surface area contributed by atoms with E-state index in [2.05, 4.69) is 17.5 Å². The Morgan fingerprint density at radius 2 is 1.79 bits per heavy atom. The zero-order valence-corrected chi connectivity index (χ0v) is 11.1. The monoisotopic (exact) mass is 267 g/mol. The first-order valence-corrected chi connectivity index (χ1v) is 6.47. The standard InChI is InChI=1S/C15H19F2NO/c1-19-7-6-18-11-15(4-2-3-5-15)12-8-13(16)10-14(17)9-12/h2-3,8-10,18H,4-7,11H2,1H3. The third kappa shape index (κ3) is 3.39. The molecular weight excluding hydrogens is 248 g/mol. The molecule has 19 heavy (non-hydrogen) atoms. The lowest BCUT2D eigenvalue weighted by molar-refractivity contribution is 0.196. The van der Waals surface area contributed by atoms with Crippen LogP contribution in [0.15, 0.2) is 30.4 Å². The van der Waals surface area contributed by atoms with E-state index in [1.54, 1.807) is 7.11 Å². The van der Waals surface area contributed by atoms with Gasteiger partial charge in [0.15, 0.2) is 0 Å². The largest absolute Gasteiger partial charge is 0.383 e. The van der Waals surface area contributed by atoms with Crippen LogP contribution in [-0.4, -0.2) is 26.8 Å². The maximum Gasteiger partial charge on any atom is 0.126 e. The molecule has 0 bridgehead atoms. The Hall–Kier alpha value is -1.26. The van der Waals surface area contributed by atoms with Crippen molar-refractivity contribution < 1.29 is 13.5 Å². The van der Waals surface area contributed by atoms with Crippen molar-refractivity contribution in [1.82, 2.24) is 5.32 Å². The Labute approximate surface area is 112 Å². The van der Waals surface area contributed by atoms with Gasteiger partial charge in [-0.25, -0.2) is 8.78 Å². The van der Waals surface area contributed by atoms with Gasteiger partial charge in [-0.2, -0.15) is 0 Å². The number of hydrogen-bond donors (Lipinski definition) is 1. The summed E-state index contributed by atoms with van der Waals surface area (Å²) in [5, 5.41) is 3.30. The molecule has 0 atom stereocenters. The summed E-state index contributed by atoms with van der Waals surface area (Å²) in [5.41, 5.74) is 0.483. The van der Waals surface area contributed by atoms with E-state index in [1.165, 1.54) is 12.1 Å². The number of benzene rings is 1. The van der Waals surface area contributed by atoms with Crippen LogP contribution in [0.3, 0.4) is 0 Å². The van der Waals surface area contributed by atoms with Crippen molar-refractivity contribution in [2.24, 2.45) is 0 Å². The lowest BCUT2D eigenvalue weighted by atomic mass is 9.78. The van der Waals surface area contributed by atoms with Gasteiger partial charge in [0.05, 0.1) is 6.61 Å². The Morgan fingerprint density at radius 1 is 1.16 bits per heavy atom. The number of nitrogens with one attached hydrogen (secondary N) is 1. The van der Waals surface area contributed by atoms with Crippen LogP contribution < -0.4 is 5.32 Å². The summed E-state index contributed by atoms with van der Waals surface area (Å²) in [4.78, 5) is 0. The maximum absolute atomic E-state index is 13.4. The second kappa shape index (κ2) is 6.26. The third-order valence-electron chi connectivity index (χ3n) is 3.61. The molecule has 1 aliphatic carbocycles. The van der Waals surface area contributed by atoms with E-state index in [0.29, 0.717) is 13.2 Å². The van der Waals surface area contributed by atoms with Gasteiger partial charge in [0.2, 0.25) is 0 Å². The van der Waals surface area contributed by atoms with Crippen molar-refractivity contribution >= 4 is 0 Å². The first-order valence-electron chi connectivity index (χ1n) is 6.47. The molecule has 0 heterocycles. The second-order valence-electron chi connectivity index (χ2n) is 4.99. The highest BCUT2D eigenvalue weighted by Crippen LogP contribution is 2.37. The number of methoxy groups -OCH3 is 1. The van der Waals surface area contributed by atoms with E-state index >= 15 is 0 Å². The molecule has 1 N–H and O–H groups in total. The molecule has 1 aromatic rings. The summed E-state index contributed by atoms with van der Waals surface area (Å²) < 4.78 is 31.8. The molecular formula is C15H19F2NO. The first-order chi connectivity index (χ1) is 9.16. The average molecular weight is 267 g/mol. The normalized spacial score (nSPS) is 17.0. The molecule has 0 amide bonds. The van der Waals surface area contributed by atoms with Crippen molar-refractivity contribution in [2.75, 3.05) is 26.8 Å². The molecule has 1 aliphatic rings. The van der Waals surface area contributed by atoms with Gasteiger partial charge in [-0.3, -0.25) is 0 Å². The summed E-state index contributed by atoms with van der Waals surface area (Å²) in [6, 6.07) is 3.79. The summed E-state index contributed by atoms with van der Waals surface area (Å²) >= 11 is 0. The van der Waals surface area contributed by atoms with Gasteiger partial charge in [0.1, 0.15) is 11.6 Å². The van der Waals surface area contributed by atoms with E-state index in [9.17, 15) is 8.78 Å². The highest BCUT2D eigenvalue weighted by atomic mass is 19.1. The Bertz CT molecular complexity index is 431. The van der Waals surface area contributed by atoms with Crippen molar-refractivity contribution in [3.05, 3.63) is 47.5 Å². The van der Waals surface area contributed by atoms with Gasteiger partial charge >= 0.3 is 0 Å². The molecule has 2 nitrogen and oxygen atoms in total. The molecule has 0 aromatic heterocycles. The molecule has 0 saturated heterocycles. The topological polar surface area (TPSA) is 21.3 Å². The SMILES string of the molecule is COCCNCC1(c2cc(F)cc(F)c2)CC=CC1. The number of halogens is 2. The number of ether oxygens (including phenoxy) is 1. The van der Waals surface area contributed by atoms with Crippen LogP contribution in [0.2, 0.25) is 0 Å². The smallest absolute Gasteiger partial charge is 0.126 e. The highest BCUT2D eigenvalue weighted by molar-refractivity contribution is 5.32. The lowest BCUT2D eigenvalue weighted by Gasteiger charge is -2.30. The molecule has 0 fully saturated rings. The predicted octanol–water partition coefficient (Wildman–Crippen LogP) is 2.79. The van der Waals surface area contributed by atoms with E-state index in [4.69, 9.17) is 4.74 Å². The maximum atomic E-state index is 13.4. The molecule has 0 saturated carbocycles. The fraction of sp³-hybridized carbons (Fsp3) is 0.467. The van der Waals surface area contributed by atoms with E-state index in [-0.39, 0.29) is 5.41 Å². The molecule has 0 radical (unpaired) electrons. The average Bonchev–Trinajstić information content (AvgIpc) is 2.84. The minimum atomic E-state index is -0.516. The van der Waals surface area contributed by atoms with Crippen LogP contribution in [0, 0.1) is 11.6 Å². The minimum absolute atomic E-state index is 0.239. The molecule has 0 spiro atoms. The van der Waals surface area contributed by atoms with Crippen LogP contribution in [0.1, 0.15) is 18.4 Å². The van der Waals surface area contributed by atoms with Crippen molar-refractivity contribution in [3.63, 3.8) is 0 Å². The van der Waals surface area contributed by atoms with Crippen LogP contribution in [0.25, 0.3) is 0 Å². The summed E-state index contributed by atoms with van der Waals surface area (Å²) in [6.07, 6.45) is 5.74. The zero-order chi connectivity index (χ0) is 13.7. The fourth-order valence-corrected chi connectivity index (χ4v) is 2.55. The van der Waals surface area contributed by atoms with Crippen molar-refractivity contribution in [2.45, 2.75) is 18.3 Å². The van der Waals surface area contributed by atoms with Crippen LogP contribution >= 0.6 is 0 Å². The van der Waals surface area contributed by atoms with Gasteiger partial charge in [0, 0.05) is 31.7 Å². The molecule has 1 aromatic carbocycles. The van der Waals surface area contributed by atoms with Crippen molar-refractivity contribution in [1.29, 1.82) is 0 Å².